The molecule has 98 valence electrons. The van der Waals surface area contributed by atoms with Crippen LogP contribution in [0.25, 0.3) is 0 Å². The molecule has 19 heavy (non-hydrogen) atoms. The van der Waals surface area contributed by atoms with Crippen LogP contribution in [-0.2, 0) is 16.0 Å². The third kappa shape index (κ3) is 2.57. The summed E-state index contributed by atoms with van der Waals surface area (Å²) in [5.74, 6) is -1.29. The summed E-state index contributed by atoms with van der Waals surface area (Å²) in [6.07, 6.45) is 6.89. The summed E-state index contributed by atoms with van der Waals surface area (Å²) in [6.45, 7) is 1.85. The standard InChI is InChI=1S/C15H15NO3/c1-2-3-4-9-14(17)16-12-8-6-5-7-11(12)10-13(16)15(18)19/h2-9,13H,10H2,1H3,(H,18,19). The number of aliphatic carboxylic acids is 1. The minimum absolute atomic E-state index is 0.310. The van der Waals surface area contributed by atoms with Gasteiger partial charge < -0.3 is 5.11 Å². The van der Waals surface area contributed by atoms with Crippen molar-refractivity contribution in [2.45, 2.75) is 19.4 Å². The van der Waals surface area contributed by atoms with Crippen LogP contribution in [0.5, 0.6) is 0 Å². The van der Waals surface area contributed by atoms with Gasteiger partial charge in [-0.1, -0.05) is 36.4 Å². The van der Waals surface area contributed by atoms with Gasteiger partial charge >= 0.3 is 5.97 Å². The molecule has 0 aliphatic carbocycles. The van der Waals surface area contributed by atoms with Crippen LogP contribution in [0, 0.1) is 0 Å². The van der Waals surface area contributed by atoms with E-state index < -0.39 is 12.0 Å². The Morgan fingerprint density at radius 2 is 2.05 bits per heavy atom. The van der Waals surface area contributed by atoms with Gasteiger partial charge in [0.25, 0.3) is 5.91 Å². The highest BCUT2D eigenvalue weighted by Crippen LogP contribution is 2.32. The summed E-state index contributed by atoms with van der Waals surface area (Å²) in [5.41, 5.74) is 1.58. The SMILES string of the molecule is CC=CC=CC(=O)N1c2ccccc2CC1C(=O)O. The van der Waals surface area contributed by atoms with Gasteiger partial charge in [-0.3, -0.25) is 9.69 Å². The third-order valence-electron chi connectivity index (χ3n) is 3.04. The quantitative estimate of drug-likeness (QED) is 0.667. The smallest absolute Gasteiger partial charge is 0.327 e. The molecule has 1 unspecified atom stereocenters. The Hall–Kier alpha value is -2.36. The van der Waals surface area contributed by atoms with Crippen LogP contribution in [0.15, 0.2) is 48.6 Å². The minimum atomic E-state index is -0.982. The number of allylic oxidation sites excluding steroid dienone is 3. The molecule has 2 rings (SSSR count). The molecule has 4 heteroatoms. The van der Waals surface area contributed by atoms with Crippen LogP contribution < -0.4 is 4.90 Å². The van der Waals surface area contributed by atoms with Gasteiger partial charge in [0, 0.05) is 18.2 Å². The Morgan fingerprint density at radius 1 is 1.32 bits per heavy atom. The highest BCUT2D eigenvalue weighted by molar-refractivity contribution is 6.07. The van der Waals surface area contributed by atoms with Crippen LogP contribution in [-0.4, -0.2) is 23.0 Å². The maximum absolute atomic E-state index is 12.1. The van der Waals surface area contributed by atoms with E-state index in [0.29, 0.717) is 12.1 Å². The van der Waals surface area contributed by atoms with E-state index in [4.69, 9.17) is 0 Å². The first kappa shape index (κ1) is 13.1. The minimum Gasteiger partial charge on any atom is -0.480 e. The van der Waals surface area contributed by atoms with E-state index in [2.05, 4.69) is 0 Å². The molecule has 1 aliphatic heterocycles. The van der Waals surface area contributed by atoms with Crippen LogP contribution in [0.1, 0.15) is 12.5 Å². The first-order valence-electron chi connectivity index (χ1n) is 6.08. The summed E-state index contributed by atoms with van der Waals surface area (Å²) in [5, 5.41) is 9.24. The molecule has 1 atom stereocenters. The second kappa shape index (κ2) is 5.52. The van der Waals surface area contributed by atoms with Crippen molar-refractivity contribution in [3.63, 3.8) is 0 Å². The van der Waals surface area contributed by atoms with Crippen molar-refractivity contribution in [1.29, 1.82) is 0 Å². The number of carboxylic acid groups (broad SMARTS) is 1. The van der Waals surface area contributed by atoms with Gasteiger partial charge in [-0.05, 0) is 18.6 Å². The maximum atomic E-state index is 12.1. The van der Waals surface area contributed by atoms with Gasteiger partial charge in [-0.15, -0.1) is 0 Å². The van der Waals surface area contributed by atoms with Crippen molar-refractivity contribution in [2.24, 2.45) is 0 Å². The molecule has 1 N–H and O–H groups in total. The van der Waals surface area contributed by atoms with Gasteiger partial charge in [0.15, 0.2) is 0 Å². The molecule has 0 aromatic heterocycles. The molecule has 1 aliphatic rings. The summed E-state index contributed by atoms with van der Waals surface area (Å²) in [6, 6.07) is 6.47. The Labute approximate surface area is 111 Å². The first-order valence-corrected chi connectivity index (χ1v) is 6.08. The topological polar surface area (TPSA) is 57.6 Å². The second-order valence-electron chi connectivity index (χ2n) is 4.28. The average Bonchev–Trinajstić information content (AvgIpc) is 2.78. The Balaban J connectivity index is 2.34. The number of para-hydroxylation sites is 1. The lowest BCUT2D eigenvalue weighted by molar-refractivity contribution is -0.139. The van der Waals surface area contributed by atoms with Gasteiger partial charge in [0.2, 0.25) is 0 Å². The molecule has 0 spiro atoms. The molecule has 1 aromatic rings. The zero-order valence-electron chi connectivity index (χ0n) is 10.6. The van der Waals surface area contributed by atoms with Crippen LogP contribution >= 0.6 is 0 Å². The lowest BCUT2D eigenvalue weighted by atomic mass is 10.1. The number of amides is 1. The van der Waals surface area contributed by atoms with E-state index in [1.54, 1.807) is 30.4 Å². The molecule has 0 saturated carbocycles. The van der Waals surface area contributed by atoms with Crippen molar-refractivity contribution >= 4 is 17.6 Å². The van der Waals surface area contributed by atoms with Gasteiger partial charge in [-0.25, -0.2) is 4.79 Å². The number of carbonyl (C=O) groups is 2. The highest BCUT2D eigenvalue weighted by Gasteiger charge is 2.37. The number of hydrogen-bond donors (Lipinski definition) is 1. The van der Waals surface area contributed by atoms with E-state index >= 15 is 0 Å². The molecule has 1 aromatic carbocycles. The number of carbonyl (C=O) groups excluding carboxylic acids is 1. The number of anilines is 1. The van der Waals surface area contributed by atoms with Gasteiger partial charge in [0.1, 0.15) is 6.04 Å². The largest absolute Gasteiger partial charge is 0.480 e. The van der Waals surface area contributed by atoms with Crippen LogP contribution in [0.2, 0.25) is 0 Å². The van der Waals surface area contributed by atoms with E-state index in [-0.39, 0.29) is 5.91 Å². The first-order chi connectivity index (χ1) is 9.15. The van der Waals surface area contributed by atoms with Crippen molar-refractivity contribution in [3.05, 3.63) is 54.1 Å². The molecule has 0 radical (unpaired) electrons. The fourth-order valence-corrected chi connectivity index (χ4v) is 2.19. The lowest BCUT2D eigenvalue weighted by Gasteiger charge is -2.20. The van der Waals surface area contributed by atoms with Gasteiger partial charge in [0.05, 0.1) is 0 Å². The van der Waals surface area contributed by atoms with Crippen molar-refractivity contribution < 1.29 is 14.7 Å². The van der Waals surface area contributed by atoms with Crippen molar-refractivity contribution in [3.8, 4) is 0 Å². The molecule has 4 nitrogen and oxygen atoms in total. The Bertz CT molecular complexity index is 560. The normalized spacial score (nSPS) is 18.2. The molecular weight excluding hydrogens is 242 g/mol. The van der Waals surface area contributed by atoms with Crippen LogP contribution in [0.4, 0.5) is 5.69 Å². The van der Waals surface area contributed by atoms with E-state index in [1.807, 2.05) is 19.1 Å². The van der Waals surface area contributed by atoms with E-state index in [1.165, 1.54) is 11.0 Å². The predicted octanol–water partition coefficient (Wildman–Crippen LogP) is 2.16. The second-order valence-corrected chi connectivity index (χ2v) is 4.28. The molecule has 0 saturated heterocycles. The number of carboxylic acids is 1. The molecular formula is C15H15NO3. The number of fused-ring (bicyclic) bond motifs is 1. The molecule has 1 heterocycles. The third-order valence-corrected chi connectivity index (χ3v) is 3.04. The molecule has 0 fully saturated rings. The zero-order chi connectivity index (χ0) is 13.8. The zero-order valence-corrected chi connectivity index (χ0v) is 10.6. The van der Waals surface area contributed by atoms with Gasteiger partial charge in [-0.2, -0.15) is 0 Å². The van der Waals surface area contributed by atoms with Crippen molar-refractivity contribution in [1.82, 2.24) is 0 Å². The monoisotopic (exact) mass is 257 g/mol. The Kier molecular flexibility index (Phi) is 3.80. The highest BCUT2D eigenvalue weighted by atomic mass is 16.4. The van der Waals surface area contributed by atoms with Crippen molar-refractivity contribution in [2.75, 3.05) is 4.90 Å². The fraction of sp³-hybridized carbons (Fsp3) is 0.200. The Morgan fingerprint density at radius 3 is 2.74 bits per heavy atom. The van der Waals surface area contributed by atoms with E-state index in [0.717, 1.165) is 5.56 Å². The fourth-order valence-electron chi connectivity index (χ4n) is 2.19. The predicted molar refractivity (Wildman–Crippen MR) is 73.0 cm³/mol. The number of benzene rings is 1. The number of hydrogen-bond acceptors (Lipinski definition) is 2. The van der Waals surface area contributed by atoms with Crippen LogP contribution in [0.3, 0.4) is 0 Å². The average molecular weight is 257 g/mol. The molecule has 0 bridgehead atoms. The number of rotatable bonds is 3. The number of nitrogens with zero attached hydrogens (tertiary/aromatic N) is 1. The molecule has 1 amide bonds. The van der Waals surface area contributed by atoms with E-state index in [9.17, 15) is 14.7 Å². The summed E-state index contributed by atoms with van der Waals surface area (Å²) in [7, 11) is 0. The summed E-state index contributed by atoms with van der Waals surface area (Å²) >= 11 is 0. The summed E-state index contributed by atoms with van der Waals surface area (Å²) in [4.78, 5) is 24.8. The lowest BCUT2D eigenvalue weighted by Crippen LogP contribution is -2.42. The summed E-state index contributed by atoms with van der Waals surface area (Å²) < 4.78 is 0. The maximum Gasteiger partial charge on any atom is 0.327 e.